The third-order valence-electron chi connectivity index (χ3n) is 5.94. The zero-order valence-electron chi connectivity index (χ0n) is 22.4. The normalized spacial score (nSPS) is 14.5. The summed E-state index contributed by atoms with van der Waals surface area (Å²) < 4.78 is 15.8. The molecule has 0 fully saturated rings. The molecule has 0 bridgehead atoms. The lowest BCUT2D eigenvalue weighted by Crippen LogP contribution is -2.33. The summed E-state index contributed by atoms with van der Waals surface area (Å²) in [5.41, 5.74) is 1.25. The first-order valence-electron chi connectivity index (χ1n) is 12.1. The summed E-state index contributed by atoms with van der Waals surface area (Å²) in [5.74, 6) is 0.386. The molecule has 0 saturated heterocycles. The molecule has 13 heteroatoms. The average molecular weight is 597 g/mol. The van der Waals surface area contributed by atoms with E-state index in [1.807, 2.05) is 0 Å². The standard InChI is InChI=1S/C28H25ClN4O7S/c1-16(26(34)30-22-14-19(33(36)37)8-12-24(22)39-3)41-28-31-23(13-17-5-9-20(38-2)10-6-17)27(35)32(28)18-7-11-21(29)25(15-18)40-4/h5-16H,1-4H3,(H,30,34)/b23-13+. The minimum Gasteiger partial charge on any atom is -0.497 e. The third kappa shape index (κ3) is 6.61. The molecule has 212 valence electrons. The fourth-order valence-electron chi connectivity index (χ4n) is 3.80. The van der Waals surface area contributed by atoms with Crippen LogP contribution in [-0.4, -0.2) is 48.5 Å². The highest BCUT2D eigenvalue weighted by Gasteiger charge is 2.35. The summed E-state index contributed by atoms with van der Waals surface area (Å²) in [5, 5.41) is 13.7. The Labute approximate surface area is 244 Å². The van der Waals surface area contributed by atoms with Crippen molar-refractivity contribution < 1.29 is 28.7 Å². The van der Waals surface area contributed by atoms with Crippen molar-refractivity contribution in [3.63, 3.8) is 0 Å². The molecule has 0 aromatic heterocycles. The van der Waals surface area contributed by atoms with Gasteiger partial charge in [-0.05, 0) is 48.9 Å². The number of ether oxygens (including phenoxy) is 3. The molecule has 1 unspecified atom stereocenters. The van der Waals surface area contributed by atoms with Gasteiger partial charge in [-0.25, -0.2) is 4.99 Å². The molecule has 0 saturated carbocycles. The van der Waals surface area contributed by atoms with E-state index in [1.165, 1.54) is 37.3 Å². The van der Waals surface area contributed by atoms with E-state index in [-0.39, 0.29) is 28.0 Å². The maximum Gasteiger partial charge on any atom is 0.283 e. The first-order valence-corrected chi connectivity index (χ1v) is 13.3. The molecule has 2 amide bonds. The summed E-state index contributed by atoms with van der Waals surface area (Å²) in [6.45, 7) is 1.63. The van der Waals surface area contributed by atoms with Crippen LogP contribution in [0.25, 0.3) is 6.08 Å². The molecule has 0 radical (unpaired) electrons. The van der Waals surface area contributed by atoms with Crippen LogP contribution in [-0.2, 0) is 9.59 Å². The van der Waals surface area contributed by atoms with Crippen LogP contribution in [0.1, 0.15) is 12.5 Å². The molecule has 1 heterocycles. The van der Waals surface area contributed by atoms with E-state index in [2.05, 4.69) is 10.3 Å². The Morgan fingerprint density at radius 2 is 1.76 bits per heavy atom. The van der Waals surface area contributed by atoms with Crippen LogP contribution in [0, 0.1) is 10.1 Å². The first kappa shape index (κ1) is 29.4. The van der Waals surface area contributed by atoms with Crippen LogP contribution >= 0.6 is 23.4 Å². The van der Waals surface area contributed by atoms with Gasteiger partial charge in [-0.2, -0.15) is 0 Å². The number of benzene rings is 3. The number of amidine groups is 1. The van der Waals surface area contributed by atoms with Crippen LogP contribution in [0.15, 0.2) is 71.4 Å². The second-order valence-electron chi connectivity index (χ2n) is 8.55. The Morgan fingerprint density at radius 3 is 2.39 bits per heavy atom. The molecule has 3 aromatic carbocycles. The van der Waals surface area contributed by atoms with Crippen LogP contribution in [0.3, 0.4) is 0 Å². The zero-order chi connectivity index (χ0) is 29.7. The van der Waals surface area contributed by atoms with Gasteiger partial charge in [0.1, 0.15) is 22.9 Å². The first-order chi connectivity index (χ1) is 19.6. The molecule has 1 atom stereocenters. The highest BCUT2D eigenvalue weighted by Crippen LogP contribution is 2.36. The van der Waals surface area contributed by atoms with Gasteiger partial charge in [-0.3, -0.25) is 24.6 Å². The van der Waals surface area contributed by atoms with Gasteiger partial charge in [0.05, 0.1) is 47.9 Å². The fourth-order valence-corrected chi connectivity index (χ4v) is 4.92. The topological polar surface area (TPSA) is 133 Å². The zero-order valence-corrected chi connectivity index (χ0v) is 24.0. The second kappa shape index (κ2) is 12.7. The molecule has 4 rings (SSSR count). The number of nitrogens with zero attached hydrogens (tertiary/aromatic N) is 3. The number of nitro groups is 1. The van der Waals surface area contributed by atoms with Crippen molar-refractivity contribution in [1.29, 1.82) is 0 Å². The van der Waals surface area contributed by atoms with Gasteiger partial charge in [0.2, 0.25) is 5.91 Å². The average Bonchev–Trinajstić information content (AvgIpc) is 3.27. The SMILES string of the molecule is COc1ccc(/C=C2/N=C(SC(C)C(=O)Nc3cc([N+](=O)[O-])ccc3OC)N(c3ccc(Cl)c(OC)c3)C2=O)cc1. The van der Waals surface area contributed by atoms with Gasteiger partial charge in [0.25, 0.3) is 11.6 Å². The Kier molecular flexibility index (Phi) is 9.15. The second-order valence-corrected chi connectivity index (χ2v) is 10.3. The van der Waals surface area contributed by atoms with E-state index in [0.717, 1.165) is 17.3 Å². The van der Waals surface area contributed by atoms with Gasteiger partial charge in [0, 0.05) is 18.2 Å². The van der Waals surface area contributed by atoms with Crippen LogP contribution in [0.4, 0.5) is 17.1 Å². The largest absolute Gasteiger partial charge is 0.497 e. The van der Waals surface area contributed by atoms with Crippen molar-refractivity contribution in [2.75, 3.05) is 31.5 Å². The number of nitrogens with one attached hydrogen (secondary N) is 1. The molecular weight excluding hydrogens is 572 g/mol. The minimum absolute atomic E-state index is 0.142. The van der Waals surface area contributed by atoms with Gasteiger partial charge in [0.15, 0.2) is 5.17 Å². The smallest absolute Gasteiger partial charge is 0.283 e. The molecule has 1 aliphatic rings. The minimum atomic E-state index is -0.775. The van der Waals surface area contributed by atoms with Crippen molar-refractivity contribution in [3.8, 4) is 17.2 Å². The highest BCUT2D eigenvalue weighted by atomic mass is 35.5. The van der Waals surface area contributed by atoms with Gasteiger partial charge >= 0.3 is 0 Å². The van der Waals surface area contributed by atoms with Crippen LogP contribution in [0.2, 0.25) is 5.02 Å². The Hall–Kier alpha value is -4.55. The molecule has 1 aliphatic heterocycles. The predicted molar refractivity (Wildman–Crippen MR) is 159 cm³/mol. The Morgan fingerprint density at radius 1 is 1.05 bits per heavy atom. The van der Waals surface area contributed by atoms with Crippen molar-refractivity contribution in [3.05, 3.63) is 87.1 Å². The van der Waals surface area contributed by atoms with Crippen molar-refractivity contribution in [2.45, 2.75) is 12.2 Å². The van der Waals surface area contributed by atoms with E-state index in [1.54, 1.807) is 62.6 Å². The Balaban J connectivity index is 1.65. The van der Waals surface area contributed by atoms with Gasteiger partial charge < -0.3 is 19.5 Å². The summed E-state index contributed by atoms with van der Waals surface area (Å²) in [4.78, 5) is 43.4. The molecule has 0 aliphatic carbocycles. The maximum atomic E-state index is 13.6. The molecule has 41 heavy (non-hydrogen) atoms. The molecule has 1 N–H and O–H groups in total. The fraction of sp³-hybridized carbons (Fsp3) is 0.179. The van der Waals surface area contributed by atoms with E-state index in [4.69, 9.17) is 25.8 Å². The predicted octanol–water partition coefficient (Wildman–Crippen LogP) is 5.78. The van der Waals surface area contributed by atoms with Crippen molar-refractivity contribution >= 4 is 63.5 Å². The lowest BCUT2D eigenvalue weighted by molar-refractivity contribution is -0.384. The number of methoxy groups -OCH3 is 3. The number of amides is 2. The van der Waals surface area contributed by atoms with E-state index >= 15 is 0 Å². The quantitative estimate of drug-likeness (QED) is 0.187. The number of carbonyl (C=O) groups is 2. The lowest BCUT2D eigenvalue weighted by Gasteiger charge is -2.21. The third-order valence-corrected chi connectivity index (χ3v) is 7.31. The molecular formula is C28H25ClN4O7S. The summed E-state index contributed by atoms with van der Waals surface area (Å²) in [6, 6.07) is 15.9. The number of carbonyl (C=O) groups excluding carboxylic acids is 2. The maximum absolute atomic E-state index is 13.6. The lowest BCUT2D eigenvalue weighted by atomic mass is 10.2. The Bertz CT molecular complexity index is 1560. The summed E-state index contributed by atoms with van der Waals surface area (Å²) in [7, 11) is 4.42. The number of hydrogen-bond donors (Lipinski definition) is 1. The number of hydrogen-bond acceptors (Lipinski definition) is 9. The van der Waals surface area contributed by atoms with Gasteiger partial charge in [-0.15, -0.1) is 0 Å². The molecule has 0 spiro atoms. The number of halogens is 1. The molecule has 11 nitrogen and oxygen atoms in total. The van der Waals surface area contributed by atoms with Crippen molar-refractivity contribution in [2.24, 2.45) is 4.99 Å². The number of nitro benzene ring substituents is 1. The number of rotatable bonds is 9. The van der Waals surface area contributed by atoms with E-state index < -0.39 is 22.0 Å². The number of thioether (sulfide) groups is 1. The van der Waals surface area contributed by atoms with Gasteiger partial charge in [-0.1, -0.05) is 35.5 Å². The monoisotopic (exact) mass is 596 g/mol. The number of anilines is 2. The molecule has 3 aromatic rings. The van der Waals surface area contributed by atoms with Crippen LogP contribution < -0.4 is 24.4 Å². The summed E-state index contributed by atoms with van der Waals surface area (Å²) >= 11 is 7.24. The van der Waals surface area contributed by atoms with E-state index in [0.29, 0.717) is 22.2 Å². The number of non-ortho nitro benzene ring substituents is 1. The van der Waals surface area contributed by atoms with Crippen LogP contribution in [0.5, 0.6) is 17.2 Å². The van der Waals surface area contributed by atoms with Crippen molar-refractivity contribution in [1.82, 2.24) is 0 Å². The summed E-state index contributed by atoms with van der Waals surface area (Å²) in [6.07, 6.45) is 1.63. The highest BCUT2D eigenvalue weighted by molar-refractivity contribution is 8.15. The van der Waals surface area contributed by atoms with E-state index in [9.17, 15) is 19.7 Å². The number of aliphatic imine (C=N–C) groups is 1.